The van der Waals surface area contributed by atoms with Crippen LogP contribution in [0.15, 0.2) is 84.9 Å². The van der Waals surface area contributed by atoms with Crippen molar-refractivity contribution in [2.24, 2.45) is 11.1 Å². The first-order valence-corrected chi connectivity index (χ1v) is 10.8. The number of carbonyl (C=O) groups excluding carboxylic acids is 2. The van der Waals surface area contributed by atoms with Crippen LogP contribution in [0.3, 0.4) is 0 Å². The number of hydrogen-bond acceptors (Lipinski definition) is 2. The lowest BCUT2D eigenvalue weighted by molar-refractivity contribution is -0.139. The molecule has 0 bridgehead atoms. The highest BCUT2D eigenvalue weighted by Crippen LogP contribution is 2.37. The Morgan fingerprint density at radius 1 is 0.871 bits per heavy atom. The Balaban J connectivity index is 1.59. The van der Waals surface area contributed by atoms with Gasteiger partial charge in [0, 0.05) is 13.1 Å². The average molecular weight is 413 g/mol. The highest BCUT2D eigenvalue weighted by Gasteiger charge is 2.42. The van der Waals surface area contributed by atoms with E-state index in [0.29, 0.717) is 32.4 Å². The molecular formula is C27H28N2O2. The molecule has 1 heterocycles. The highest BCUT2D eigenvalue weighted by molar-refractivity contribution is 5.84. The lowest BCUT2D eigenvalue weighted by atomic mass is 9.73. The summed E-state index contributed by atoms with van der Waals surface area (Å²) in [5, 5.41) is 0. The van der Waals surface area contributed by atoms with Crippen LogP contribution in [0.25, 0.3) is 11.1 Å². The maximum absolute atomic E-state index is 13.0. The van der Waals surface area contributed by atoms with E-state index in [4.69, 9.17) is 5.73 Å². The number of carbonyl (C=O) groups is 2. The third-order valence-electron chi connectivity index (χ3n) is 6.28. The van der Waals surface area contributed by atoms with Crippen molar-refractivity contribution in [1.29, 1.82) is 0 Å². The van der Waals surface area contributed by atoms with E-state index >= 15 is 0 Å². The monoisotopic (exact) mass is 412 g/mol. The molecule has 3 aromatic carbocycles. The maximum atomic E-state index is 13.0. The molecule has 158 valence electrons. The summed E-state index contributed by atoms with van der Waals surface area (Å²) in [5.74, 6) is -0.277. The summed E-state index contributed by atoms with van der Waals surface area (Å²) < 4.78 is 0. The minimum Gasteiger partial charge on any atom is -0.369 e. The second kappa shape index (κ2) is 9.17. The summed E-state index contributed by atoms with van der Waals surface area (Å²) in [4.78, 5) is 27.6. The van der Waals surface area contributed by atoms with Crippen LogP contribution in [-0.4, -0.2) is 29.8 Å². The molecule has 4 heteroatoms. The molecule has 2 amide bonds. The van der Waals surface area contributed by atoms with Crippen molar-refractivity contribution in [2.45, 2.75) is 25.7 Å². The lowest BCUT2D eigenvalue weighted by Crippen LogP contribution is -2.53. The van der Waals surface area contributed by atoms with E-state index in [1.54, 1.807) is 0 Å². The van der Waals surface area contributed by atoms with Crippen molar-refractivity contribution >= 4 is 11.8 Å². The van der Waals surface area contributed by atoms with Gasteiger partial charge < -0.3 is 10.6 Å². The zero-order valence-electron chi connectivity index (χ0n) is 17.7. The fourth-order valence-electron chi connectivity index (χ4n) is 4.60. The number of rotatable bonds is 6. The molecule has 2 N–H and O–H groups in total. The van der Waals surface area contributed by atoms with Crippen molar-refractivity contribution < 1.29 is 9.59 Å². The molecule has 0 aromatic heterocycles. The van der Waals surface area contributed by atoms with Gasteiger partial charge in [-0.3, -0.25) is 9.59 Å². The Labute approximate surface area is 183 Å². The van der Waals surface area contributed by atoms with Crippen molar-refractivity contribution in [3.8, 4) is 11.1 Å². The van der Waals surface area contributed by atoms with Crippen molar-refractivity contribution in [2.75, 3.05) is 13.1 Å². The van der Waals surface area contributed by atoms with E-state index in [2.05, 4.69) is 24.3 Å². The van der Waals surface area contributed by atoms with Crippen LogP contribution < -0.4 is 5.73 Å². The molecule has 4 nitrogen and oxygen atoms in total. The molecule has 0 saturated carbocycles. The molecule has 1 aliphatic rings. The van der Waals surface area contributed by atoms with Gasteiger partial charge in [0.1, 0.15) is 0 Å². The average Bonchev–Trinajstić information content (AvgIpc) is 2.81. The van der Waals surface area contributed by atoms with E-state index < -0.39 is 5.41 Å². The highest BCUT2D eigenvalue weighted by atomic mass is 16.2. The summed E-state index contributed by atoms with van der Waals surface area (Å²) in [7, 11) is 0. The quantitative estimate of drug-likeness (QED) is 0.658. The molecule has 1 saturated heterocycles. The van der Waals surface area contributed by atoms with Crippen LogP contribution in [-0.2, 0) is 22.4 Å². The van der Waals surface area contributed by atoms with E-state index in [1.165, 1.54) is 0 Å². The van der Waals surface area contributed by atoms with E-state index in [9.17, 15) is 9.59 Å². The molecule has 1 fully saturated rings. The molecular weight excluding hydrogens is 384 g/mol. The third kappa shape index (κ3) is 4.69. The SMILES string of the molecule is NC(=O)[C@@]1(Cc2ccccc2-c2ccccc2)CCCN(C(=O)Cc2ccccc2)C1. The molecule has 0 aliphatic carbocycles. The van der Waals surface area contributed by atoms with Crippen molar-refractivity contribution in [1.82, 2.24) is 4.90 Å². The van der Waals surface area contributed by atoms with Gasteiger partial charge in [-0.2, -0.15) is 0 Å². The topological polar surface area (TPSA) is 63.4 Å². The van der Waals surface area contributed by atoms with Gasteiger partial charge >= 0.3 is 0 Å². The number of hydrogen-bond donors (Lipinski definition) is 1. The number of nitrogens with two attached hydrogens (primary N) is 1. The second-order valence-corrected chi connectivity index (χ2v) is 8.43. The molecule has 3 aromatic rings. The van der Waals surface area contributed by atoms with Gasteiger partial charge in [-0.1, -0.05) is 84.9 Å². The number of amides is 2. The predicted molar refractivity (Wildman–Crippen MR) is 123 cm³/mol. The van der Waals surface area contributed by atoms with Gasteiger partial charge in [0.05, 0.1) is 11.8 Å². The Kier molecular flexibility index (Phi) is 6.17. The van der Waals surface area contributed by atoms with Crippen molar-refractivity contribution in [3.05, 3.63) is 96.1 Å². The van der Waals surface area contributed by atoms with Gasteiger partial charge in [-0.05, 0) is 41.5 Å². The van der Waals surface area contributed by atoms with Crippen LogP contribution in [0.5, 0.6) is 0 Å². The molecule has 0 unspecified atom stereocenters. The first-order valence-electron chi connectivity index (χ1n) is 10.8. The van der Waals surface area contributed by atoms with E-state index in [0.717, 1.165) is 28.7 Å². The summed E-state index contributed by atoms with van der Waals surface area (Å²) in [5.41, 5.74) is 9.52. The van der Waals surface area contributed by atoms with Crippen LogP contribution in [0.4, 0.5) is 0 Å². The summed E-state index contributed by atoms with van der Waals surface area (Å²) in [6.45, 7) is 1.04. The van der Waals surface area contributed by atoms with Crippen LogP contribution in [0.2, 0.25) is 0 Å². The minimum absolute atomic E-state index is 0.0490. The van der Waals surface area contributed by atoms with Gasteiger partial charge in [0.2, 0.25) is 11.8 Å². The van der Waals surface area contributed by atoms with Crippen LogP contribution in [0, 0.1) is 5.41 Å². The van der Waals surface area contributed by atoms with E-state index in [-0.39, 0.29) is 11.8 Å². The van der Waals surface area contributed by atoms with Gasteiger partial charge in [-0.15, -0.1) is 0 Å². The number of piperidine rings is 1. The Hall–Kier alpha value is -3.40. The number of nitrogens with zero attached hydrogens (tertiary/aromatic N) is 1. The summed E-state index contributed by atoms with van der Waals surface area (Å²) >= 11 is 0. The fraction of sp³-hybridized carbons (Fsp3) is 0.259. The molecule has 4 rings (SSSR count). The minimum atomic E-state index is -0.754. The Morgan fingerprint density at radius 2 is 1.52 bits per heavy atom. The first kappa shape index (κ1) is 20.9. The summed E-state index contributed by atoms with van der Waals surface area (Å²) in [6.07, 6.45) is 2.34. The number of likely N-dealkylation sites (tertiary alicyclic amines) is 1. The third-order valence-corrected chi connectivity index (χ3v) is 6.28. The smallest absolute Gasteiger partial charge is 0.227 e. The van der Waals surface area contributed by atoms with Crippen LogP contribution >= 0.6 is 0 Å². The lowest BCUT2D eigenvalue weighted by Gasteiger charge is -2.41. The molecule has 31 heavy (non-hydrogen) atoms. The van der Waals surface area contributed by atoms with Gasteiger partial charge in [-0.25, -0.2) is 0 Å². The molecule has 0 radical (unpaired) electrons. The number of benzene rings is 3. The summed E-state index contributed by atoms with van der Waals surface area (Å²) in [6, 6.07) is 28.1. The zero-order valence-corrected chi connectivity index (χ0v) is 17.7. The number of primary amides is 1. The Bertz CT molecular complexity index is 1050. The van der Waals surface area contributed by atoms with Crippen LogP contribution in [0.1, 0.15) is 24.0 Å². The zero-order chi connectivity index (χ0) is 21.7. The van der Waals surface area contributed by atoms with Crippen molar-refractivity contribution in [3.63, 3.8) is 0 Å². The molecule has 1 atom stereocenters. The Morgan fingerprint density at radius 3 is 2.23 bits per heavy atom. The molecule has 0 spiro atoms. The largest absolute Gasteiger partial charge is 0.369 e. The predicted octanol–water partition coefficient (Wildman–Crippen LogP) is 4.23. The van der Waals surface area contributed by atoms with E-state index in [1.807, 2.05) is 65.6 Å². The van der Waals surface area contributed by atoms with Gasteiger partial charge in [0.25, 0.3) is 0 Å². The van der Waals surface area contributed by atoms with Gasteiger partial charge in [0.15, 0.2) is 0 Å². The molecule has 1 aliphatic heterocycles. The first-order chi connectivity index (χ1) is 15.1. The normalized spacial score (nSPS) is 18.5. The second-order valence-electron chi connectivity index (χ2n) is 8.43. The standard InChI is InChI=1S/C27H28N2O2/c28-26(31)27(19-23-14-7-8-15-24(23)22-12-5-2-6-13-22)16-9-17-29(20-27)25(30)18-21-10-3-1-4-11-21/h1-8,10-15H,9,16-20H2,(H2,28,31)/t27-/m1/s1. The maximum Gasteiger partial charge on any atom is 0.227 e. The fourth-order valence-corrected chi connectivity index (χ4v) is 4.60.